The highest BCUT2D eigenvalue weighted by molar-refractivity contribution is 7.89. The van der Waals surface area contributed by atoms with Crippen LogP contribution < -0.4 is 10.3 Å². The number of nitrogens with zero attached hydrogens (tertiary/aromatic N) is 3. The van der Waals surface area contributed by atoms with Crippen LogP contribution in [0.4, 0.5) is 0 Å². The number of rotatable bonds is 4. The van der Waals surface area contributed by atoms with Crippen LogP contribution in [0.5, 0.6) is 0 Å². The van der Waals surface area contributed by atoms with Crippen molar-refractivity contribution in [2.45, 2.75) is 6.92 Å². The molecule has 3 N–H and O–H groups in total. The van der Waals surface area contributed by atoms with E-state index in [0.717, 1.165) is 6.26 Å². The van der Waals surface area contributed by atoms with Crippen LogP contribution in [0.15, 0.2) is 47.4 Å². The lowest BCUT2D eigenvalue weighted by molar-refractivity contribution is -0.122. The molecule has 1 amide bonds. The van der Waals surface area contributed by atoms with Gasteiger partial charge < -0.3 is 5.11 Å². The summed E-state index contributed by atoms with van der Waals surface area (Å²) in [5.41, 5.74) is 1.88. The molecule has 11 nitrogen and oxygen atoms in total. The smallest absolute Gasteiger partial charge is 0.290 e. The number of nitrogens with one attached hydrogen (secondary N) is 2. The molecule has 3 aromatic rings. The van der Waals surface area contributed by atoms with Crippen LogP contribution in [-0.2, 0) is 14.8 Å². The Hall–Kier alpha value is -4.24. The number of aromatic amines is 1. The van der Waals surface area contributed by atoms with Crippen LogP contribution in [0.25, 0.3) is 16.9 Å². The number of hydrogen-bond donors (Lipinski definition) is 3. The highest BCUT2D eigenvalue weighted by atomic mass is 32.2. The maximum Gasteiger partial charge on any atom is 0.290 e. The molecule has 0 aliphatic rings. The Morgan fingerprint density at radius 1 is 1.26 bits per heavy atom. The summed E-state index contributed by atoms with van der Waals surface area (Å²) in [5.74, 6) is -0.571. The third-order valence-electron chi connectivity index (χ3n) is 3.89. The SMILES string of the molecule is Cc1[nH]n(-c2ccc(C(=O)NS(C)(=O)=O)cn2)c(=O)c1-c1ccc(C#N)cc1.O=CO. The molecule has 3 rings (SSSR count). The Bertz CT molecular complexity index is 1300. The molecular weight excluding hydrogens is 426 g/mol. The fourth-order valence-electron chi connectivity index (χ4n) is 2.64. The first kappa shape index (κ1) is 23.0. The van der Waals surface area contributed by atoms with Crippen LogP contribution in [0.2, 0.25) is 0 Å². The zero-order valence-electron chi connectivity index (χ0n) is 16.4. The second-order valence-electron chi connectivity index (χ2n) is 6.16. The summed E-state index contributed by atoms with van der Waals surface area (Å²) in [4.78, 5) is 37.1. The zero-order valence-corrected chi connectivity index (χ0v) is 17.2. The summed E-state index contributed by atoms with van der Waals surface area (Å²) >= 11 is 0. The van der Waals surface area contributed by atoms with E-state index in [4.69, 9.17) is 15.2 Å². The highest BCUT2D eigenvalue weighted by Crippen LogP contribution is 2.20. The standard InChI is InChI=1S/C18H15N5O4S.CH2O2/c1-11-16(13-5-3-12(9-19)4-6-13)18(25)23(21-11)15-8-7-14(10-20-15)17(24)22-28(2,26)27;2-1-3/h3-8,10,21H,1-2H3,(H,22,24);1H,(H,2,3). The monoisotopic (exact) mass is 443 g/mol. The number of pyridine rings is 1. The van der Waals surface area contributed by atoms with Crippen molar-refractivity contribution in [3.05, 3.63) is 69.8 Å². The van der Waals surface area contributed by atoms with Crippen molar-refractivity contribution >= 4 is 22.4 Å². The zero-order chi connectivity index (χ0) is 23.2. The quantitative estimate of drug-likeness (QED) is 0.496. The first-order chi connectivity index (χ1) is 14.6. The second-order valence-corrected chi connectivity index (χ2v) is 7.90. The van der Waals surface area contributed by atoms with Gasteiger partial charge in [0.1, 0.15) is 0 Å². The van der Waals surface area contributed by atoms with Crippen molar-refractivity contribution in [1.29, 1.82) is 5.26 Å². The predicted octanol–water partition coefficient (Wildman–Crippen LogP) is 0.798. The Morgan fingerprint density at radius 2 is 1.87 bits per heavy atom. The number of benzene rings is 1. The molecule has 2 heterocycles. The van der Waals surface area contributed by atoms with Gasteiger partial charge in [-0.05, 0) is 36.8 Å². The van der Waals surface area contributed by atoms with E-state index < -0.39 is 15.9 Å². The van der Waals surface area contributed by atoms with Crippen LogP contribution in [0.1, 0.15) is 21.6 Å². The second kappa shape index (κ2) is 9.51. The molecule has 1 aromatic carbocycles. The Labute approximate surface area is 176 Å². The fourth-order valence-corrected chi connectivity index (χ4v) is 3.09. The van der Waals surface area contributed by atoms with Gasteiger partial charge in [-0.1, -0.05) is 12.1 Å². The van der Waals surface area contributed by atoms with Gasteiger partial charge in [0.15, 0.2) is 5.82 Å². The molecular formula is C19H17N5O6S. The van der Waals surface area contributed by atoms with E-state index in [0.29, 0.717) is 22.4 Å². The van der Waals surface area contributed by atoms with Crippen molar-refractivity contribution in [3.8, 4) is 23.0 Å². The Morgan fingerprint density at radius 3 is 2.35 bits per heavy atom. The van der Waals surface area contributed by atoms with Gasteiger partial charge in [-0.25, -0.2) is 22.8 Å². The molecule has 0 aliphatic heterocycles. The minimum atomic E-state index is -3.69. The van der Waals surface area contributed by atoms with Crippen molar-refractivity contribution in [2.75, 3.05) is 6.26 Å². The van der Waals surface area contributed by atoms with Crippen LogP contribution in [0, 0.1) is 18.3 Å². The van der Waals surface area contributed by atoms with Gasteiger partial charge in [-0.15, -0.1) is 0 Å². The Kier molecular flexibility index (Phi) is 7.07. The maximum absolute atomic E-state index is 12.8. The summed E-state index contributed by atoms with van der Waals surface area (Å²) in [6.07, 6.45) is 2.05. The minimum absolute atomic E-state index is 0.0396. The van der Waals surface area contributed by atoms with E-state index in [9.17, 15) is 18.0 Å². The number of amides is 1. The minimum Gasteiger partial charge on any atom is -0.483 e. The molecule has 0 saturated carbocycles. The van der Waals surface area contributed by atoms with E-state index in [2.05, 4.69) is 10.1 Å². The predicted molar refractivity (Wildman–Crippen MR) is 110 cm³/mol. The van der Waals surface area contributed by atoms with Gasteiger partial charge in [0.25, 0.3) is 17.9 Å². The van der Waals surface area contributed by atoms with Gasteiger partial charge in [0, 0.05) is 11.9 Å². The third kappa shape index (κ3) is 5.64. The van der Waals surface area contributed by atoms with Gasteiger partial charge in [0.05, 0.1) is 29.0 Å². The lowest BCUT2D eigenvalue weighted by atomic mass is 10.1. The lowest BCUT2D eigenvalue weighted by Crippen LogP contribution is -2.29. The third-order valence-corrected chi connectivity index (χ3v) is 4.45. The first-order valence-corrected chi connectivity index (χ1v) is 10.4. The average molecular weight is 443 g/mol. The summed E-state index contributed by atoms with van der Waals surface area (Å²) in [6.45, 7) is 1.49. The average Bonchev–Trinajstić information content (AvgIpc) is 3.01. The van der Waals surface area contributed by atoms with E-state index in [1.54, 1.807) is 31.2 Å². The molecule has 0 fully saturated rings. The highest BCUT2D eigenvalue weighted by Gasteiger charge is 2.16. The van der Waals surface area contributed by atoms with Crippen molar-refractivity contribution < 1.29 is 23.1 Å². The largest absolute Gasteiger partial charge is 0.483 e. The summed E-state index contributed by atoms with van der Waals surface area (Å²) < 4.78 is 25.4. The molecule has 160 valence electrons. The summed E-state index contributed by atoms with van der Waals surface area (Å²) in [6, 6.07) is 11.4. The molecule has 12 heteroatoms. The summed E-state index contributed by atoms with van der Waals surface area (Å²) in [7, 11) is -3.69. The van der Waals surface area contributed by atoms with Crippen molar-refractivity contribution in [2.24, 2.45) is 0 Å². The number of H-pyrrole nitrogens is 1. The molecule has 0 spiro atoms. The van der Waals surface area contributed by atoms with Gasteiger partial charge in [0.2, 0.25) is 10.0 Å². The van der Waals surface area contributed by atoms with Crippen LogP contribution in [0.3, 0.4) is 0 Å². The number of carbonyl (C=O) groups is 2. The molecule has 0 radical (unpaired) electrons. The number of nitriles is 1. The van der Waals surface area contributed by atoms with E-state index in [-0.39, 0.29) is 23.4 Å². The molecule has 2 aromatic heterocycles. The lowest BCUT2D eigenvalue weighted by Gasteiger charge is -2.04. The van der Waals surface area contributed by atoms with Gasteiger partial charge in [-0.3, -0.25) is 19.5 Å². The Balaban J connectivity index is 0.00000107. The fraction of sp³-hybridized carbons (Fsp3) is 0.105. The first-order valence-electron chi connectivity index (χ1n) is 8.49. The van der Waals surface area contributed by atoms with Gasteiger partial charge >= 0.3 is 0 Å². The van der Waals surface area contributed by atoms with E-state index in [1.165, 1.54) is 23.0 Å². The van der Waals surface area contributed by atoms with Crippen LogP contribution >= 0.6 is 0 Å². The normalized spacial score (nSPS) is 10.4. The summed E-state index contributed by atoms with van der Waals surface area (Å²) in [5, 5.41) is 18.7. The topological polar surface area (TPSA) is 175 Å². The van der Waals surface area contributed by atoms with E-state index >= 15 is 0 Å². The molecule has 31 heavy (non-hydrogen) atoms. The van der Waals surface area contributed by atoms with Crippen molar-refractivity contribution in [3.63, 3.8) is 0 Å². The maximum atomic E-state index is 12.8. The van der Waals surface area contributed by atoms with Crippen molar-refractivity contribution in [1.82, 2.24) is 19.5 Å². The number of hydrogen-bond acceptors (Lipinski definition) is 7. The number of sulfonamides is 1. The van der Waals surface area contributed by atoms with Crippen LogP contribution in [-0.4, -0.2) is 46.9 Å². The van der Waals surface area contributed by atoms with Gasteiger partial charge in [-0.2, -0.15) is 5.26 Å². The molecule has 0 atom stereocenters. The molecule has 0 saturated heterocycles. The molecule has 0 aliphatic carbocycles. The van der Waals surface area contributed by atoms with E-state index in [1.807, 2.05) is 10.8 Å². The molecule has 0 unspecified atom stereocenters. The number of aryl methyl sites for hydroxylation is 1. The number of aromatic nitrogens is 3. The molecule has 0 bridgehead atoms. The number of carboxylic acid groups (broad SMARTS) is 1. The number of carbonyl (C=O) groups excluding carboxylic acids is 1.